The molecule has 0 aromatic heterocycles. The molecule has 1 aliphatic carbocycles. The first kappa shape index (κ1) is 26.8. The van der Waals surface area contributed by atoms with Crippen LogP contribution >= 0.6 is 0 Å². The predicted octanol–water partition coefficient (Wildman–Crippen LogP) is 8.39. The molecular formula is C31H33F3O3. The highest BCUT2D eigenvalue weighted by molar-refractivity contribution is 5.76. The van der Waals surface area contributed by atoms with Crippen LogP contribution in [0.25, 0.3) is 11.1 Å². The molecule has 3 aromatic carbocycles. The molecule has 37 heavy (non-hydrogen) atoms. The third kappa shape index (κ3) is 6.35. The van der Waals surface area contributed by atoms with Gasteiger partial charge in [-0.15, -0.1) is 0 Å². The highest BCUT2D eigenvalue weighted by Gasteiger charge is 2.30. The molecule has 3 nitrogen and oxygen atoms in total. The summed E-state index contributed by atoms with van der Waals surface area (Å²) in [6, 6.07) is 15.0. The van der Waals surface area contributed by atoms with Gasteiger partial charge in [-0.2, -0.15) is 4.39 Å². The summed E-state index contributed by atoms with van der Waals surface area (Å²) in [4.78, 5) is 12.7. The molecule has 0 unspecified atom stereocenters. The SMILES string of the molecule is CCCCCc1ccc(-c2ccc(OC(=O)C3CCC(c4ccc(OC)cc4F)CC3)c(F)c2F)cc1. The van der Waals surface area contributed by atoms with E-state index in [0.717, 1.165) is 31.2 Å². The van der Waals surface area contributed by atoms with Crippen molar-refractivity contribution in [2.45, 2.75) is 64.2 Å². The minimum Gasteiger partial charge on any atom is -0.497 e. The van der Waals surface area contributed by atoms with Gasteiger partial charge >= 0.3 is 5.97 Å². The van der Waals surface area contributed by atoms with Crippen LogP contribution in [0.4, 0.5) is 13.2 Å². The molecule has 3 aromatic rings. The zero-order chi connectivity index (χ0) is 26.4. The molecule has 6 heteroatoms. The van der Waals surface area contributed by atoms with Gasteiger partial charge in [0, 0.05) is 11.6 Å². The first-order valence-corrected chi connectivity index (χ1v) is 13.0. The summed E-state index contributed by atoms with van der Waals surface area (Å²) in [5.74, 6) is -3.54. The Balaban J connectivity index is 1.37. The average molecular weight is 511 g/mol. The van der Waals surface area contributed by atoms with Crippen LogP contribution in [0.2, 0.25) is 0 Å². The molecule has 0 saturated heterocycles. The number of rotatable bonds is 9. The van der Waals surface area contributed by atoms with Crippen molar-refractivity contribution in [2.24, 2.45) is 5.92 Å². The number of methoxy groups -OCH3 is 1. The fraction of sp³-hybridized carbons (Fsp3) is 0.387. The lowest BCUT2D eigenvalue weighted by Crippen LogP contribution is -2.25. The maximum Gasteiger partial charge on any atom is 0.314 e. The Morgan fingerprint density at radius 3 is 2.27 bits per heavy atom. The van der Waals surface area contributed by atoms with Crippen molar-refractivity contribution >= 4 is 5.97 Å². The van der Waals surface area contributed by atoms with Gasteiger partial charge in [0.2, 0.25) is 5.82 Å². The number of benzene rings is 3. The fourth-order valence-corrected chi connectivity index (χ4v) is 5.06. The van der Waals surface area contributed by atoms with E-state index in [-0.39, 0.29) is 17.3 Å². The largest absolute Gasteiger partial charge is 0.497 e. The number of aryl methyl sites for hydroxylation is 1. The van der Waals surface area contributed by atoms with Crippen LogP contribution < -0.4 is 9.47 Å². The number of carbonyl (C=O) groups excluding carboxylic acids is 1. The molecule has 4 rings (SSSR count). The average Bonchev–Trinajstić information content (AvgIpc) is 2.92. The number of hydrogen-bond acceptors (Lipinski definition) is 3. The van der Waals surface area contributed by atoms with Crippen LogP contribution in [0.1, 0.15) is 68.9 Å². The van der Waals surface area contributed by atoms with Gasteiger partial charge in [-0.05, 0) is 79.3 Å². The normalized spacial score (nSPS) is 17.4. The summed E-state index contributed by atoms with van der Waals surface area (Å²) in [6.45, 7) is 2.15. The molecule has 0 amide bonds. The van der Waals surface area contributed by atoms with Crippen molar-refractivity contribution < 1.29 is 27.4 Å². The Hall–Kier alpha value is -3.28. The van der Waals surface area contributed by atoms with Crippen LogP contribution in [0.5, 0.6) is 11.5 Å². The molecule has 0 aliphatic heterocycles. The minimum atomic E-state index is -1.17. The molecule has 0 radical (unpaired) electrons. The van der Waals surface area contributed by atoms with Gasteiger partial charge in [-0.1, -0.05) is 50.1 Å². The Morgan fingerprint density at radius 2 is 1.62 bits per heavy atom. The second-order valence-electron chi connectivity index (χ2n) is 9.75. The number of esters is 1. The van der Waals surface area contributed by atoms with E-state index in [2.05, 4.69) is 6.92 Å². The number of halogens is 3. The van der Waals surface area contributed by atoms with Crippen LogP contribution in [0.15, 0.2) is 54.6 Å². The van der Waals surface area contributed by atoms with Gasteiger partial charge in [0.05, 0.1) is 13.0 Å². The standard InChI is InChI=1S/C31H33F3O3/c1-3-4-5-6-20-7-9-22(10-8-20)26-17-18-28(30(34)29(26)33)37-31(35)23-13-11-21(12-14-23)25-16-15-24(36-2)19-27(25)32/h7-10,15-19,21,23H,3-6,11-14H2,1-2H3. The molecule has 0 N–H and O–H groups in total. The number of carbonyl (C=O) groups is 1. The summed E-state index contributed by atoms with van der Waals surface area (Å²) < 4.78 is 54.5. The summed E-state index contributed by atoms with van der Waals surface area (Å²) in [5, 5.41) is 0. The third-order valence-corrected chi connectivity index (χ3v) is 7.30. The van der Waals surface area contributed by atoms with E-state index in [1.165, 1.54) is 25.3 Å². The fourth-order valence-electron chi connectivity index (χ4n) is 5.06. The lowest BCUT2D eigenvalue weighted by atomic mass is 9.78. The Kier molecular flexibility index (Phi) is 8.91. The zero-order valence-electron chi connectivity index (χ0n) is 21.4. The van der Waals surface area contributed by atoms with Crippen molar-refractivity contribution in [1.29, 1.82) is 0 Å². The van der Waals surface area contributed by atoms with E-state index in [9.17, 15) is 18.0 Å². The maximum absolute atomic E-state index is 14.9. The van der Waals surface area contributed by atoms with Crippen LogP contribution in [-0.2, 0) is 11.2 Å². The van der Waals surface area contributed by atoms with E-state index < -0.39 is 29.3 Å². The van der Waals surface area contributed by atoms with Crippen molar-refractivity contribution in [3.8, 4) is 22.6 Å². The Morgan fingerprint density at radius 1 is 0.892 bits per heavy atom. The predicted molar refractivity (Wildman–Crippen MR) is 138 cm³/mol. The van der Waals surface area contributed by atoms with E-state index in [0.29, 0.717) is 42.6 Å². The molecule has 1 saturated carbocycles. The molecule has 0 atom stereocenters. The van der Waals surface area contributed by atoms with E-state index >= 15 is 0 Å². The van der Waals surface area contributed by atoms with Crippen molar-refractivity contribution in [1.82, 2.24) is 0 Å². The highest BCUT2D eigenvalue weighted by Crippen LogP contribution is 2.39. The maximum atomic E-state index is 14.9. The number of ether oxygens (including phenoxy) is 2. The van der Waals surface area contributed by atoms with Gasteiger partial charge in [0.25, 0.3) is 0 Å². The first-order valence-electron chi connectivity index (χ1n) is 13.0. The summed E-state index contributed by atoms with van der Waals surface area (Å²) >= 11 is 0. The topological polar surface area (TPSA) is 35.5 Å². The summed E-state index contributed by atoms with van der Waals surface area (Å²) in [6.07, 6.45) is 6.54. The zero-order valence-corrected chi connectivity index (χ0v) is 21.4. The van der Waals surface area contributed by atoms with Gasteiger partial charge in [0.1, 0.15) is 11.6 Å². The summed E-state index contributed by atoms with van der Waals surface area (Å²) in [5.41, 5.74) is 2.45. The number of hydrogen-bond donors (Lipinski definition) is 0. The third-order valence-electron chi connectivity index (χ3n) is 7.30. The highest BCUT2D eigenvalue weighted by atomic mass is 19.2. The van der Waals surface area contributed by atoms with E-state index in [1.807, 2.05) is 12.1 Å². The Bertz CT molecular complexity index is 1220. The molecule has 196 valence electrons. The molecule has 1 fully saturated rings. The van der Waals surface area contributed by atoms with E-state index in [4.69, 9.17) is 9.47 Å². The summed E-state index contributed by atoms with van der Waals surface area (Å²) in [7, 11) is 1.49. The number of unbranched alkanes of at least 4 members (excludes halogenated alkanes) is 2. The van der Waals surface area contributed by atoms with Gasteiger partial charge in [0.15, 0.2) is 11.6 Å². The Labute approximate surface area is 216 Å². The van der Waals surface area contributed by atoms with Crippen LogP contribution in [0, 0.1) is 23.4 Å². The first-order chi connectivity index (χ1) is 17.9. The molecule has 0 heterocycles. The quantitative estimate of drug-likeness (QED) is 0.165. The van der Waals surface area contributed by atoms with Gasteiger partial charge in [-0.3, -0.25) is 4.79 Å². The molecule has 0 spiro atoms. The van der Waals surface area contributed by atoms with Crippen molar-refractivity contribution in [2.75, 3.05) is 7.11 Å². The van der Waals surface area contributed by atoms with Crippen molar-refractivity contribution in [3.05, 3.63) is 83.2 Å². The van der Waals surface area contributed by atoms with Crippen molar-refractivity contribution in [3.63, 3.8) is 0 Å². The lowest BCUT2D eigenvalue weighted by Gasteiger charge is -2.27. The molecule has 0 bridgehead atoms. The van der Waals surface area contributed by atoms with Crippen LogP contribution in [0.3, 0.4) is 0 Å². The van der Waals surface area contributed by atoms with E-state index in [1.54, 1.807) is 24.3 Å². The minimum absolute atomic E-state index is 0.0125. The van der Waals surface area contributed by atoms with Gasteiger partial charge < -0.3 is 9.47 Å². The van der Waals surface area contributed by atoms with Gasteiger partial charge in [-0.25, -0.2) is 8.78 Å². The monoisotopic (exact) mass is 510 g/mol. The molecular weight excluding hydrogens is 477 g/mol. The second kappa shape index (κ2) is 12.3. The second-order valence-corrected chi connectivity index (χ2v) is 9.75. The van der Waals surface area contributed by atoms with Crippen LogP contribution in [-0.4, -0.2) is 13.1 Å². The smallest absolute Gasteiger partial charge is 0.314 e. The molecule has 1 aliphatic rings. The lowest BCUT2D eigenvalue weighted by molar-refractivity contribution is -0.140.